The lowest BCUT2D eigenvalue weighted by atomic mass is 9.93. The summed E-state index contributed by atoms with van der Waals surface area (Å²) in [5.41, 5.74) is -2.25. The number of likely N-dealkylation sites (N-methyl/N-ethyl adjacent to an activating group) is 1. The lowest BCUT2D eigenvalue weighted by molar-refractivity contribution is -0.139. The highest BCUT2D eigenvalue weighted by Crippen LogP contribution is 2.39. The van der Waals surface area contributed by atoms with Crippen LogP contribution < -0.4 is 10.9 Å². The molecule has 0 spiro atoms. The van der Waals surface area contributed by atoms with Crippen molar-refractivity contribution >= 4 is 35.1 Å². The molecular weight excluding hydrogens is 656 g/mol. The van der Waals surface area contributed by atoms with Gasteiger partial charge in [0.25, 0.3) is 5.56 Å². The molecule has 0 fully saturated rings. The first-order chi connectivity index (χ1) is 21.3. The number of aromatic nitrogens is 1. The van der Waals surface area contributed by atoms with Crippen LogP contribution in [-0.2, 0) is 22.2 Å². The summed E-state index contributed by atoms with van der Waals surface area (Å²) in [6.45, 7) is 5.09. The topological polar surface area (TPSA) is 91.6 Å². The van der Waals surface area contributed by atoms with E-state index < -0.39 is 59.3 Å². The quantitative estimate of drug-likeness (QED) is 0.193. The van der Waals surface area contributed by atoms with E-state index in [4.69, 9.17) is 23.2 Å². The van der Waals surface area contributed by atoms with Crippen molar-refractivity contribution in [2.45, 2.75) is 58.3 Å². The molecule has 0 aliphatic carbocycles. The molecule has 7 nitrogen and oxygen atoms in total. The molecule has 1 amide bonds. The first-order valence-electron chi connectivity index (χ1n) is 14.2. The zero-order valence-corrected chi connectivity index (χ0v) is 27.2. The molecule has 46 heavy (non-hydrogen) atoms. The fourth-order valence-corrected chi connectivity index (χ4v) is 5.81. The Bertz CT molecular complexity index is 1650. The third-order valence-electron chi connectivity index (χ3n) is 7.28. The van der Waals surface area contributed by atoms with Gasteiger partial charge in [-0.05, 0) is 80.7 Å². The van der Waals surface area contributed by atoms with Crippen LogP contribution in [-0.4, -0.2) is 47.1 Å². The van der Waals surface area contributed by atoms with Crippen LogP contribution in [0.4, 0.5) is 22.0 Å². The molecule has 2 atom stereocenters. The zero-order chi connectivity index (χ0) is 34.7. The van der Waals surface area contributed by atoms with Gasteiger partial charge in [0.1, 0.15) is 17.7 Å². The minimum absolute atomic E-state index is 0.00758. The Morgan fingerprint density at radius 3 is 2.17 bits per heavy atom. The largest absolute Gasteiger partial charge is 0.481 e. The number of carboxylic acid groups (broad SMARTS) is 1. The molecule has 3 rings (SSSR count). The Balaban J connectivity index is 2.15. The Morgan fingerprint density at radius 2 is 1.65 bits per heavy atom. The smallest absolute Gasteiger partial charge is 0.416 e. The Hall–Kier alpha value is -3.48. The number of pyridine rings is 1. The molecule has 0 radical (unpaired) electrons. The monoisotopic (exact) mass is 689 g/mol. The molecular formula is C32H34Cl2F5N3O4. The van der Waals surface area contributed by atoms with E-state index in [1.807, 2.05) is 0 Å². The average molecular weight is 691 g/mol. The maximum Gasteiger partial charge on any atom is 0.416 e. The summed E-state index contributed by atoms with van der Waals surface area (Å²) in [5, 5.41) is 12.0. The number of amides is 1. The molecule has 14 heteroatoms. The van der Waals surface area contributed by atoms with E-state index in [9.17, 15) is 37.1 Å². The summed E-state index contributed by atoms with van der Waals surface area (Å²) < 4.78 is 72.0. The molecule has 2 N–H and O–H groups in total. The van der Waals surface area contributed by atoms with Gasteiger partial charge in [0, 0.05) is 29.9 Å². The van der Waals surface area contributed by atoms with Crippen molar-refractivity contribution < 1.29 is 36.6 Å². The van der Waals surface area contributed by atoms with Crippen LogP contribution in [0, 0.1) is 24.5 Å². The van der Waals surface area contributed by atoms with Crippen LogP contribution in [0.3, 0.4) is 0 Å². The standard InChI is InChI=1S/C32H34Cl2F5N3O4/c1-16(2)8-26(42-15-18(6-7-41(4)5)22(13-27(42)43)32(37,38)39)31(46)40-25(14-28(44)45)21-10-19(9-17(3)30(21)36)29-23(33)11-20(35)12-24(29)34/h9-13,15-16,25-26H,6-8,14H2,1-5H3,(H,40,46)(H,44,45). The summed E-state index contributed by atoms with van der Waals surface area (Å²) in [7, 11) is 3.35. The number of aliphatic carboxylic acids is 1. The molecule has 1 heterocycles. The highest BCUT2D eigenvalue weighted by Gasteiger charge is 2.36. The van der Waals surface area contributed by atoms with Crippen molar-refractivity contribution in [1.82, 2.24) is 14.8 Å². The van der Waals surface area contributed by atoms with Crippen molar-refractivity contribution in [2.24, 2.45) is 5.92 Å². The van der Waals surface area contributed by atoms with Crippen LogP contribution >= 0.6 is 23.2 Å². The number of hydrogen-bond acceptors (Lipinski definition) is 4. The number of carboxylic acids is 1. The number of rotatable bonds is 12. The SMILES string of the molecule is Cc1cc(-c2c(Cl)cc(F)cc2Cl)cc(C(CC(=O)O)NC(=O)C(CC(C)C)n2cc(CCN(C)C)c(C(F)(F)F)cc2=O)c1F. The normalized spacial score (nSPS) is 13.3. The van der Waals surface area contributed by atoms with Crippen molar-refractivity contribution in [3.8, 4) is 11.1 Å². The van der Waals surface area contributed by atoms with Gasteiger partial charge < -0.3 is 19.9 Å². The minimum Gasteiger partial charge on any atom is -0.481 e. The Kier molecular flexibility index (Phi) is 12.0. The molecule has 2 unspecified atom stereocenters. The summed E-state index contributed by atoms with van der Waals surface area (Å²) in [6.07, 6.45) is -4.69. The number of carbonyl (C=O) groups is 2. The van der Waals surface area contributed by atoms with Crippen LogP contribution in [0.2, 0.25) is 10.0 Å². The van der Waals surface area contributed by atoms with Gasteiger partial charge in [0.05, 0.1) is 28.1 Å². The minimum atomic E-state index is -4.82. The maximum atomic E-state index is 15.6. The lowest BCUT2D eigenvalue weighted by Gasteiger charge is -2.27. The molecule has 250 valence electrons. The molecule has 0 saturated heterocycles. The number of carbonyl (C=O) groups excluding carboxylic acids is 1. The van der Waals surface area contributed by atoms with E-state index in [-0.39, 0.29) is 63.2 Å². The number of nitrogens with zero attached hydrogens (tertiary/aromatic N) is 2. The van der Waals surface area contributed by atoms with Gasteiger partial charge in [-0.2, -0.15) is 13.2 Å². The van der Waals surface area contributed by atoms with Gasteiger partial charge in [0.15, 0.2) is 0 Å². The van der Waals surface area contributed by atoms with Crippen LogP contribution in [0.5, 0.6) is 0 Å². The van der Waals surface area contributed by atoms with Gasteiger partial charge in [-0.25, -0.2) is 8.78 Å². The predicted octanol–water partition coefficient (Wildman–Crippen LogP) is 7.45. The molecule has 0 aliphatic rings. The van der Waals surface area contributed by atoms with Crippen LogP contribution in [0.15, 0.2) is 41.3 Å². The highest BCUT2D eigenvalue weighted by atomic mass is 35.5. The van der Waals surface area contributed by atoms with E-state index in [0.29, 0.717) is 6.07 Å². The van der Waals surface area contributed by atoms with E-state index in [0.717, 1.165) is 22.9 Å². The van der Waals surface area contributed by atoms with Gasteiger partial charge in [-0.15, -0.1) is 0 Å². The maximum absolute atomic E-state index is 15.6. The third-order valence-corrected chi connectivity index (χ3v) is 7.88. The van der Waals surface area contributed by atoms with Crippen LogP contribution in [0.25, 0.3) is 11.1 Å². The Labute approximate surface area is 272 Å². The highest BCUT2D eigenvalue weighted by molar-refractivity contribution is 6.39. The lowest BCUT2D eigenvalue weighted by Crippen LogP contribution is -2.41. The van der Waals surface area contributed by atoms with E-state index in [1.165, 1.54) is 19.1 Å². The van der Waals surface area contributed by atoms with Gasteiger partial charge in [0.2, 0.25) is 5.91 Å². The summed E-state index contributed by atoms with van der Waals surface area (Å²) in [4.78, 5) is 40.5. The van der Waals surface area contributed by atoms with Gasteiger partial charge >= 0.3 is 12.1 Å². The van der Waals surface area contributed by atoms with Gasteiger partial charge in [-0.1, -0.05) is 37.0 Å². The summed E-state index contributed by atoms with van der Waals surface area (Å²) >= 11 is 12.5. The van der Waals surface area contributed by atoms with Gasteiger partial charge in [-0.3, -0.25) is 14.4 Å². The van der Waals surface area contributed by atoms with E-state index in [1.54, 1.807) is 32.8 Å². The van der Waals surface area contributed by atoms with Crippen molar-refractivity contribution in [1.29, 1.82) is 0 Å². The molecule has 3 aromatic rings. The van der Waals surface area contributed by atoms with E-state index >= 15 is 4.39 Å². The summed E-state index contributed by atoms with van der Waals surface area (Å²) in [5.74, 6) is -4.10. The molecule has 0 saturated carbocycles. The Morgan fingerprint density at radius 1 is 1.04 bits per heavy atom. The third kappa shape index (κ3) is 9.07. The first-order valence-corrected chi connectivity index (χ1v) is 15.0. The molecule has 0 aliphatic heterocycles. The second-order valence-corrected chi connectivity index (χ2v) is 12.6. The van der Waals surface area contributed by atoms with Crippen LogP contribution in [0.1, 0.15) is 61.0 Å². The number of benzene rings is 2. The van der Waals surface area contributed by atoms with Crippen molar-refractivity contribution in [3.63, 3.8) is 0 Å². The molecule has 1 aromatic heterocycles. The number of aryl methyl sites for hydroxylation is 1. The van der Waals surface area contributed by atoms with Crippen molar-refractivity contribution in [2.75, 3.05) is 20.6 Å². The van der Waals surface area contributed by atoms with Crippen molar-refractivity contribution in [3.05, 3.63) is 90.8 Å². The predicted molar refractivity (Wildman–Crippen MR) is 166 cm³/mol. The zero-order valence-electron chi connectivity index (χ0n) is 25.7. The molecule has 2 aromatic carbocycles. The summed E-state index contributed by atoms with van der Waals surface area (Å²) in [6, 6.07) is 2.21. The number of nitrogens with one attached hydrogen (secondary N) is 1. The number of halogens is 7. The first kappa shape index (κ1) is 37.0. The second-order valence-electron chi connectivity index (χ2n) is 11.8. The fraction of sp³-hybridized carbons (Fsp3) is 0.406. The average Bonchev–Trinajstić information content (AvgIpc) is 2.90. The second kappa shape index (κ2) is 15.0. The number of hydrogen-bond donors (Lipinski definition) is 2. The van der Waals surface area contributed by atoms with E-state index in [2.05, 4.69) is 5.32 Å². The molecule has 0 bridgehead atoms. The fourth-order valence-electron chi connectivity index (χ4n) is 5.13. The number of alkyl halides is 3.